The van der Waals surface area contributed by atoms with Crippen LogP contribution in [0.15, 0.2) is 22.3 Å². The Hall–Kier alpha value is -0.281. The summed E-state index contributed by atoms with van der Waals surface area (Å²) in [6.07, 6.45) is 7.06. The van der Waals surface area contributed by atoms with E-state index in [-0.39, 0.29) is 6.10 Å². The van der Waals surface area contributed by atoms with Crippen LogP contribution < -0.4 is 9.87 Å². The van der Waals surface area contributed by atoms with Gasteiger partial charge in [0.05, 0.1) is 0 Å². The SMILES string of the molecule is OC1CCCC=CC2=C1NN[Se]2. The van der Waals surface area contributed by atoms with Crippen LogP contribution in [0.25, 0.3) is 0 Å². The summed E-state index contributed by atoms with van der Waals surface area (Å²) in [6, 6.07) is 0. The fourth-order valence-corrected chi connectivity index (χ4v) is 2.92. The van der Waals surface area contributed by atoms with Crippen LogP contribution in [-0.2, 0) is 0 Å². The first kappa shape index (κ1) is 8.32. The van der Waals surface area contributed by atoms with Gasteiger partial charge in [0, 0.05) is 0 Å². The quantitative estimate of drug-likeness (QED) is 0.515. The molecular formula is C8H12N2OSe. The van der Waals surface area contributed by atoms with Crippen molar-refractivity contribution >= 4 is 15.2 Å². The van der Waals surface area contributed by atoms with Crippen molar-refractivity contribution < 1.29 is 5.11 Å². The van der Waals surface area contributed by atoms with Gasteiger partial charge in [0.2, 0.25) is 0 Å². The summed E-state index contributed by atoms with van der Waals surface area (Å²) in [5.74, 6) is 0. The minimum absolute atomic E-state index is 0.290. The number of nitrogens with one attached hydrogen (secondary N) is 2. The van der Waals surface area contributed by atoms with Crippen LogP contribution in [0.3, 0.4) is 0 Å². The normalized spacial score (nSPS) is 29.2. The predicted molar refractivity (Wildman–Crippen MR) is 48.0 cm³/mol. The molecule has 0 amide bonds. The number of hydrogen-bond acceptors (Lipinski definition) is 3. The van der Waals surface area contributed by atoms with Gasteiger partial charge in [0.15, 0.2) is 0 Å². The van der Waals surface area contributed by atoms with E-state index in [0.717, 1.165) is 25.0 Å². The molecule has 0 aromatic heterocycles. The first-order valence-corrected chi connectivity index (χ1v) is 5.86. The molecule has 0 saturated carbocycles. The van der Waals surface area contributed by atoms with Gasteiger partial charge in [-0.15, -0.1) is 0 Å². The van der Waals surface area contributed by atoms with Crippen LogP contribution in [0, 0.1) is 0 Å². The van der Waals surface area contributed by atoms with Crippen molar-refractivity contribution in [1.29, 1.82) is 0 Å². The molecule has 0 bridgehead atoms. The zero-order chi connectivity index (χ0) is 8.39. The Labute approximate surface area is 78.3 Å². The standard InChI is InChI=1S/C8H12N2OSe/c11-6-4-2-1-3-5-7-8(6)9-10-12-7/h3,5-6,9-11H,1-2,4H2. The van der Waals surface area contributed by atoms with Gasteiger partial charge in [-0.1, -0.05) is 0 Å². The Morgan fingerprint density at radius 1 is 1.58 bits per heavy atom. The van der Waals surface area contributed by atoms with E-state index in [2.05, 4.69) is 22.0 Å². The zero-order valence-electron chi connectivity index (χ0n) is 6.71. The molecule has 4 heteroatoms. The van der Waals surface area contributed by atoms with Crippen molar-refractivity contribution in [3.05, 3.63) is 22.3 Å². The predicted octanol–water partition coefficient (Wildman–Crippen LogP) is 0.0260. The van der Waals surface area contributed by atoms with E-state index in [4.69, 9.17) is 0 Å². The molecule has 12 heavy (non-hydrogen) atoms. The number of rotatable bonds is 0. The third-order valence-corrected chi connectivity index (χ3v) is 3.70. The van der Waals surface area contributed by atoms with Crippen LogP contribution >= 0.6 is 0 Å². The number of hydrazine groups is 1. The molecule has 0 saturated heterocycles. The van der Waals surface area contributed by atoms with Crippen molar-refractivity contribution in [2.75, 3.05) is 0 Å². The minimum atomic E-state index is -0.290. The van der Waals surface area contributed by atoms with Crippen LogP contribution in [0.2, 0.25) is 0 Å². The second kappa shape index (κ2) is 3.62. The molecule has 0 radical (unpaired) electrons. The third kappa shape index (κ3) is 1.57. The van der Waals surface area contributed by atoms with Crippen molar-refractivity contribution in [3.63, 3.8) is 0 Å². The molecule has 1 unspecified atom stereocenters. The molecule has 1 atom stereocenters. The Kier molecular flexibility index (Phi) is 2.51. The molecule has 3 N–H and O–H groups in total. The summed E-state index contributed by atoms with van der Waals surface area (Å²) >= 11 is 0.296. The maximum absolute atomic E-state index is 9.70. The number of hydrogen-bond donors (Lipinski definition) is 3. The van der Waals surface area contributed by atoms with Crippen LogP contribution in [0.5, 0.6) is 0 Å². The fraction of sp³-hybridized carbons (Fsp3) is 0.500. The summed E-state index contributed by atoms with van der Waals surface area (Å²) in [5, 5.41) is 9.70. The van der Waals surface area contributed by atoms with Gasteiger partial charge in [-0.2, -0.15) is 0 Å². The molecule has 66 valence electrons. The summed E-state index contributed by atoms with van der Waals surface area (Å²) in [4.78, 5) is 0. The Morgan fingerprint density at radius 3 is 3.42 bits per heavy atom. The fourth-order valence-electron chi connectivity index (χ4n) is 1.39. The van der Waals surface area contributed by atoms with Gasteiger partial charge in [-0.3, -0.25) is 0 Å². The average molecular weight is 231 g/mol. The Balaban J connectivity index is 2.24. The van der Waals surface area contributed by atoms with E-state index in [1.165, 1.54) is 4.47 Å². The van der Waals surface area contributed by atoms with E-state index in [1.54, 1.807) is 0 Å². The molecule has 0 fully saturated rings. The average Bonchev–Trinajstić information content (AvgIpc) is 2.47. The summed E-state index contributed by atoms with van der Waals surface area (Å²) < 4.78 is 4.34. The van der Waals surface area contributed by atoms with E-state index >= 15 is 0 Å². The van der Waals surface area contributed by atoms with Crippen molar-refractivity contribution in [3.8, 4) is 0 Å². The van der Waals surface area contributed by atoms with Gasteiger partial charge in [-0.05, 0) is 0 Å². The molecule has 0 aromatic rings. The van der Waals surface area contributed by atoms with E-state index in [1.807, 2.05) is 0 Å². The van der Waals surface area contributed by atoms with E-state index in [9.17, 15) is 5.11 Å². The summed E-state index contributed by atoms with van der Waals surface area (Å²) in [6.45, 7) is 0. The number of aliphatic hydroxyl groups excluding tert-OH is 1. The van der Waals surface area contributed by atoms with Gasteiger partial charge in [0.1, 0.15) is 0 Å². The molecule has 2 aliphatic rings. The molecule has 0 spiro atoms. The first-order chi connectivity index (χ1) is 5.88. The third-order valence-electron chi connectivity index (χ3n) is 2.06. The van der Waals surface area contributed by atoms with Crippen LogP contribution in [-0.4, -0.2) is 26.4 Å². The second-order valence-corrected chi connectivity index (χ2v) is 4.74. The van der Waals surface area contributed by atoms with Gasteiger partial charge < -0.3 is 0 Å². The topological polar surface area (TPSA) is 44.3 Å². The molecule has 2 rings (SSSR count). The monoisotopic (exact) mass is 232 g/mol. The molecule has 0 aromatic carbocycles. The summed E-state index contributed by atoms with van der Waals surface area (Å²) in [7, 11) is 0. The Bertz CT molecular complexity index is 237. The van der Waals surface area contributed by atoms with Crippen LogP contribution in [0.4, 0.5) is 0 Å². The molecule has 1 aliphatic heterocycles. The maximum atomic E-state index is 9.70. The molecule has 1 heterocycles. The van der Waals surface area contributed by atoms with Gasteiger partial charge >= 0.3 is 77.8 Å². The molecular weight excluding hydrogens is 219 g/mol. The zero-order valence-corrected chi connectivity index (χ0v) is 8.42. The van der Waals surface area contributed by atoms with Gasteiger partial charge in [-0.25, -0.2) is 0 Å². The number of allylic oxidation sites excluding steroid dienone is 3. The van der Waals surface area contributed by atoms with Gasteiger partial charge in [0.25, 0.3) is 0 Å². The van der Waals surface area contributed by atoms with Crippen molar-refractivity contribution in [2.45, 2.75) is 25.4 Å². The summed E-state index contributed by atoms with van der Waals surface area (Å²) in [5.41, 5.74) is 4.02. The molecule has 1 aliphatic carbocycles. The Morgan fingerprint density at radius 2 is 2.50 bits per heavy atom. The van der Waals surface area contributed by atoms with E-state index in [0.29, 0.717) is 15.2 Å². The van der Waals surface area contributed by atoms with Crippen LogP contribution in [0.1, 0.15) is 19.3 Å². The van der Waals surface area contributed by atoms with Crippen molar-refractivity contribution in [1.82, 2.24) is 9.87 Å². The number of aliphatic hydroxyl groups is 1. The second-order valence-electron chi connectivity index (χ2n) is 2.96. The van der Waals surface area contributed by atoms with Crippen molar-refractivity contribution in [2.24, 2.45) is 0 Å². The molecule has 3 nitrogen and oxygen atoms in total. The first-order valence-electron chi connectivity index (χ1n) is 4.14. The van der Waals surface area contributed by atoms with E-state index < -0.39 is 0 Å².